The van der Waals surface area contributed by atoms with E-state index in [0.717, 1.165) is 42.3 Å². The van der Waals surface area contributed by atoms with E-state index in [1.54, 1.807) is 0 Å². The molecule has 2 aromatic rings. The van der Waals surface area contributed by atoms with Crippen molar-refractivity contribution >= 4 is 17.5 Å². The van der Waals surface area contributed by atoms with Crippen LogP contribution in [0.25, 0.3) is 0 Å². The molecule has 0 radical (unpaired) electrons. The largest absolute Gasteiger partial charge is 0.416 e. The van der Waals surface area contributed by atoms with Gasteiger partial charge in [0.1, 0.15) is 11.6 Å². The molecule has 0 spiro atoms. The first-order chi connectivity index (χ1) is 16.8. The molecule has 1 aliphatic heterocycles. The normalized spacial score (nSPS) is 23.7. The van der Waals surface area contributed by atoms with Crippen molar-refractivity contribution in [1.82, 2.24) is 4.90 Å². The van der Waals surface area contributed by atoms with Gasteiger partial charge in [0.15, 0.2) is 0 Å². The molecule has 36 heavy (non-hydrogen) atoms. The maximum Gasteiger partial charge on any atom is 0.416 e. The highest BCUT2D eigenvalue weighted by atomic mass is 19.4. The van der Waals surface area contributed by atoms with Crippen LogP contribution in [0.3, 0.4) is 0 Å². The quantitative estimate of drug-likeness (QED) is 0.554. The highest BCUT2D eigenvalue weighted by Crippen LogP contribution is 2.52. The number of anilines is 1. The summed E-state index contributed by atoms with van der Waals surface area (Å²) < 4.78 is 72.1. The molecule has 1 atom stereocenters. The van der Waals surface area contributed by atoms with Crippen LogP contribution >= 0.6 is 0 Å². The third kappa shape index (κ3) is 4.03. The van der Waals surface area contributed by atoms with Crippen molar-refractivity contribution in [2.24, 2.45) is 11.7 Å². The number of amides is 2. The molecule has 1 saturated carbocycles. The van der Waals surface area contributed by atoms with Crippen LogP contribution in [0.15, 0.2) is 30.3 Å². The minimum Gasteiger partial charge on any atom is -0.371 e. The van der Waals surface area contributed by atoms with Gasteiger partial charge in [0.05, 0.1) is 16.8 Å². The van der Waals surface area contributed by atoms with Gasteiger partial charge in [0.25, 0.3) is 5.91 Å². The van der Waals surface area contributed by atoms with Crippen LogP contribution < -0.4 is 10.6 Å². The molecule has 11 heteroatoms. The lowest BCUT2D eigenvalue weighted by molar-refractivity contribution is -0.142. The summed E-state index contributed by atoms with van der Waals surface area (Å²) in [5.74, 6) is -5.40. The van der Waals surface area contributed by atoms with Gasteiger partial charge in [-0.15, -0.1) is 0 Å². The van der Waals surface area contributed by atoms with E-state index >= 15 is 0 Å². The molecule has 0 saturated heterocycles. The van der Waals surface area contributed by atoms with Crippen molar-refractivity contribution in [2.45, 2.75) is 44.5 Å². The number of hydrogen-bond acceptors (Lipinski definition) is 4. The number of carbonyl (C=O) groups is 2. The molecular weight excluding hydrogens is 485 g/mol. The first-order valence-electron chi connectivity index (χ1n) is 11.6. The molecule has 1 fully saturated rings. The van der Waals surface area contributed by atoms with Crippen molar-refractivity contribution < 1.29 is 36.6 Å². The number of fused-ring (bicyclic) bond motifs is 1. The number of aliphatic hydroxyl groups is 1. The molecule has 6 nitrogen and oxygen atoms in total. The van der Waals surface area contributed by atoms with Crippen molar-refractivity contribution in [3.8, 4) is 0 Å². The second-order valence-corrected chi connectivity index (χ2v) is 9.22. The van der Waals surface area contributed by atoms with Gasteiger partial charge < -0.3 is 20.6 Å². The van der Waals surface area contributed by atoms with Crippen LogP contribution in [0.5, 0.6) is 0 Å². The zero-order chi connectivity index (χ0) is 26.6. The highest BCUT2D eigenvalue weighted by molar-refractivity contribution is 6.11. The van der Waals surface area contributed by atoms with E-state index in [1.807, 2.05) is 13.8 Å². The predicted molar refractivity (Wildman–Crippen MR) is 121 cm³/mol. The summed E-state index contributed by atoms with van der Waals surface area (Å²) in [6, 6.07) is 4.05. The van der Waals surface area contributed by atoms with Crippen LogP contribution in [-0.4, -0.2) is 47.5 Å². The van der Waals surface area contributed by atoms with Crippen LogP contribution in [0.2, 0.25) is 0 Å². The second-order valence-electron chi connectivity index (χ2n) is 9.22. The van der Waals surface area contributed by atoms with E-state index in [2.05, 4.69) is 4.90 Å². The first kappa shape index (κ1) is 26.0. The molecule has 0 bridgehead atoms. The summed E-state index contributed by atoms with van der Waals surface area (Å²) in [7, 11) is 0. The van der Waals surface area contributed by atoms with E-state index in [9.17, 15) is 36.6 Å². The fraction of sp³-hybridized carbons (Fsp3) is 0.440. The van der Waals surface area contributed by atoms with Crippen molar-refractivity contribution in [2.75, 3.05) is 24.5 Å². The van der Waals surface area contributed by atoms with Crippen molar-refractivity contribution in [1.29, 1.82) is 0 Å². The molecule has 2 aromatic carbocycles. The SMILES string of the molecule is CCN(CC)[C@H]1C[C@H](CN2C(=O)C(O)(c3c(F)cccc3F)c3c2cc(C(N)=O)cc3C(F)(F)F)C1. The minimum absolute atomic E-state index is 0.0957. The van der Waals surface area contributed by atoms with Gasteiger partial charge in [0, 0.05) is 23.7 Å². The number of halogens is 5. The van der Waals surface area contributed by atoms with Gasteiger partial charge in [-0.25, -0.2) is 8.78 Å². The number of primary amides is 1. The Morgan fingerprint density at radius 2 is 1.72 bits per heavy atom. The molecule has 1 heterocycles. The van der Waals surface area contributed by atoms with Crippen LogP contribution in [0.4, 0.5) is 27.6 Å². The lowest BCUT2D eigenvalue weighted by atomic mass is 9.78. The van der Waals surface area contributed by atoms with Gasteiger partial charge in [-0.2, -0.15) is 13.2 Å². The van der Waals surface area contributed by atoms with Crippen LogP contribution in [0, 0.1) is 17.6 Å². The monoisotopic (exact) mass is 511 g/mol. The topological polar surface area (TPSA) is 86.9 Å². The highest BCUT2D eigenvalue weighted by Gasteiger charge is 2.58. The minimum atomic E-state index is -5.17. The van der Waals surface area contributed by atoms with E-state index in [-0.39, 0.29) is 18.5 Å². The third-order valence-electron chi connectivity index (χ3n) is 7.22. The lowest BCUT2D eigenvalue weighted by Crippen LogP contribution is -2.50. The Hall–Kier alpha value is -3.05. The van der Waals surface area contributed by atoms with E-state index in [0.29, 0.717) is 18.9 Å². The lowest BCUT2D eigenvalue weighted by Gasteiger charge is -2.43. The number of rotatable bonds is 7. The van der Waals surface area contributed by atoms with E-state index < -0.39 is 63.2 Å². The number of alkyl halides is 3. The van der Waals surface area contributed by atoms with E-state index in [4.69, 9.17) is 5.73 Å². The maximum atomic E-state index is 14.8. The van der Waals surface area contributed by atoms with Gasteiger partial charge in [-0.3, -0.25) is 9.59 Å². The van der Waals surface area contributed by atoms with Gasteiger partial charge in [-0.05, 0) is 56.1 Å². The maximum absolute atomic E-state index is 14.8. The summed E-state index contributed by atoms with van der Waals surface area (Å²) >= 11 is 0. The average Bonchev–Trinajstić information content (AvgIpc) is 2.98. The van der Waals surface area contributed by atoms with Gasteiger partial charge in [-0.1, -0.05) is 19.9 Å². The summed E-state index contributed by atoms with van der Waals surface area (Å²) in [5.41, 5.74) is -2.83. The van der Waals surface area contributed by atoms with E-state index in [1.165, 1.54) is 0 Å². The Morgan fingerprint density at radius 3 is 2.22 bits per heavy atom. The van der Waals surface area contributed by atoms with Crippen LogP contribution in [-0.2, 0) is 16.6 Å². The number of hydrogen-bond donors (Lipinski definition) is 2. The van der Waals surface area contributed by atoms with Gasteiger partial charge in [0.2, 0.25) is 11.5 Å². The predicted octanol–water partition coefficient (Wildman–Crippen LogP) is 3.79. The molecule has 0 aromatic heterocycles. The number of carbonyl (C=O) groups excluding carboxylic acids is 2. The first-order valence-corrected chi connectivity index (χ1v) is 11.6. The molecule has 1 aliphatic carbocycles. The Bertz CT molecular complexity index is 1190. The third-order valence-corrected chi connectivity index (χ3v) is 7.22. The summed E-state index contributed by atoms with van der Waals surface area (Å²) in [6.45, 7) is 5.53. The fourth-order valence-electron chi connectivity index (χ4n) is 5.40. The second kappa shape index (κ2) is 9.11. The van der Waals surface area contributed by atoms with Crippen molar-refractivity contribution in [3.05, 3.63) is 64.2 Å². The molecule has 2 amide bonds. The zero-order valence-electron chi connectivity index (χ0n) is 19.7. The molecular formula is C25H26F5N3O3. The summed E-state index contributed by atoms with van der Waals surface area (Å²) in [5, 5.41) is 11.5. The standard InChI is InChI=1S/C25H26F5N3O3/c1-3-32(4-2)15-8-13(9-15)12-33-19-11-14(22(31)34)10-16(25(28,29)30)20(19)24(36,23(33)35)21-17(26)6-5-7-18(21)27/h5-7,10-11,13,15,36H,3-4,8-9,12H2,1-2H3,(H2,31,34)/t13-,15-,24?. The summed E-state index contributed by atoms with van der Waals surface area (Å²) in [6.07, 6.45) is -3.88. The number of nitrogens with two attached hydrogens (primary N) is 1. The molecule has 3 N–H and O–H groups in total. The Balaban J connectivity index is 1.88. The number of nitrogens with zero attached hydrogens (tertiary/aromatic N) is 2. The Kier molecular flexibility index (Phi) is 6.59. The smallest absolute Gasteiger partial charge is 0.371 e. The Morgan fingerprint density at radius 1 is 1.14 bits per heavy atom. The number of benzene rings is 2. The fourth-order valence-corrected chi connectivity index (χ4v) is 5.40. The molecule has 1 unspecified atom stereocenters. The molecule has 4 rings (SSSR count). The molecule has 194 valence electrons. The van der Waals surface area contributed by atoms with Crippen molar-refractivity contribution in [3.63, 3.8) is 0 Å². The van der Waals surface area contributed by atoms with Crippen LogP contribution in [0.1, 0.15) is 53.7 Å². The summed E-state index contributed by atoms with van der Waals surface area (Å²) in [4.78, 5) is 28.6. The molecule has 2 aliphatic rings. The van der Waals surface area contributed by atoms with Gasteiger partial charge >= 0.3 is 6.18 Å². The Labute approximate surface area is 204 Å². The average molecular weight is 511 g/mol. The zero-order valence-corrected chi connectivity index (χ0v) is 19.7.